The molecule has 0 aromatic heterocycles. The molecule has 0 unspecified atom stereocenters. The third kappa shape index (κ3) is 1.32. The fourth-order valence-electron chi connectivity index (χ4n) is 3.85. The van der Waals surface area contributed by atoms with Crippen LogP contribution in [0.1, 0.15) is 33.1 Å². The number of hydrogen-bond acceptors (Lipinski definition) is 2. The Morgan fingerprint density at radius 2 is 2.27 bits per heavy atom. The van der Waals surface area contributed by atoms with Gasteiger partial charge < -0.3 is 4.74 Å². The van der Waals surface area contributed by atoms with Gasteiger partial charge in [-0.15, -0.1) is 0 Å². The first-order valence-electron chi connectivity index (χ1n) is 5.68. The maximum absolute atomic E-state index is 5.54. The molecule has 0 N–H and O–H groups in total. The van der Waals surface area contributed by atoms with Gasteiger partial charge in [-0.1, -0.05) is 20.3 Å². The summed E-state index contributed by atoms with van der Waals surface area (Å²) in [6.45, 7) is 4.81. The molecule has 2 fully saturated rings. The van der Waals surface area contributed by atoms with Crippen molar-refractivity contribution in [1.29, 1.82) is 0 Å². The van der Waals surface area contributed by atoms with Crippen molar-refractivity contribution in [1.82, 2.24) is 0 Å². The molecule has 2 aliphatic carbocycles. The number of fused-ring (bicyclic) bond motifs is 2. The second-order valence-electron chi connectivity index (χ2n) is 5.51. The second-order valence-corrected chi connectivity index (χ2v) is 6.37. The molecule has 0 radical (unpaired) electrons. The van der Waals surface area contributed by atoms with Gasteiger partial charge in [0.15, 0.2) is 0 Å². The average Bonchev–Trinajstić information content (AvgIpc) is 2.53. The molecule has 2 aliphatic rings. The summed E-state index contributed by atoms with van der Waals surface area (Å²) in [6.07, 6.45) is 14.0. The van der Waals surface area contributed by atoms with Crippen molar-refractivity contribution in [3.05, 3.63) is 0 Å². The zero-order chi connectivity index (χ0) is 11.1. The molecule has 84 valence electrons. The highest BCUT2D eigenvalue weighted by molar-refractivity contribution is 7.98. The van der Waals surface area contributed by atoms with E-state index in [2.05, 4.69) is 26.2 Å². The summed E-state index contributed by atoms with van der Waals surface area (Å²) >= 11 is 1.93. The number of hydrogen-bond donors (Lipinski definition) is 0. The Morgan fingerprint density at radius 3 is 2.80 bits per heavy atom. The fourth-order valence-corrected chi connectivity index (χ4v) is 5.06. The summed E-state index contributed by atoms with van der Waals surface area (Å²) in [5, 5.41) is 0. The normalized spacial score (nSPS) is 41.5. The molecule has 2 bridgehead atoms. The predicted molar refractivity (Wildman–Crippen MR) is 65.6 cm³/mol. The van der Waals surface area contributed by atoms with Crippen molar-refractivity contribution in [3.8, 4) is 12.5 Å². The molecular weight excluding hydrogens is 204 g/mol. The van der Waals surface area contributed by atoms with Crippen molar-refractivity contribution in [3.63, 3.8) is 0 Å². The monoisotopic (exact) mass is 224 g/mol. The van der Waals surface area contributed by atoms with Gasteiger partial charge in [-0.25, -0.2) is 0 Å². The zero-order valence-corrected chi connectivity index (χ0v) is 10.7. The van der Waals surface area contributed by atoms with Gasteiger partial charge in [0.05, 0.1) is 0 Å². The lowest BCUT2D eigenvalue weighted by atomic mass is 9.69. The highest BCUT2D eigenvalue weighted by Gasteiger charge is 2.64. The van der Waals surface area contributed by atoms with E-state index in [-0.39, 0.29) is 0 Å². The first kappa shape index (κ1) is 11.2. The van der Waals surface area contributed by atoms with Gasteiger partial charge in [0, 0.05) is 11.2 Å². The van der Waals surface area contributed by atoms with E-state index in [0.717, 1.165) is 12.3 Å². The number of thioether (sulfide) groups is 1. The van der Waals surface area contributed by atoms with E-state index in [4.69, 9.17) is 11.2 Å². The largest absolute Gasteiger partial charge is 0.443 e. The maximum Gasteiger partial charge on any atom is 0.118 e. The molecule has 2 heteroatoms. The zero-order valence-electron chi connectivity index (χ0n) is 9.88. The van der Waals surface area contributed by atoms with Crippen molar-refractivity contribution >= 4 is 11.8 Å². The van der Waals surface area contributed by atoms with E-state index in [9.17, 15) is 0 Å². The first-order chi connectivity index (χ1) is 7.08. The second kappa shape index (κ2) is 3.63. The van der Waals surface area contributed by atoms with E-state index in [1.807, 2.05) is 11.8 Å². The fraction of sp³-hybridized carbons (Fsp3) is 0.846. The van der Waals surface area contributed by atoms with E-state index in [1.165, 1.54) is 18.6 Å². The summed E-state index contributed by atoms with van der Waals surface area (Å²) in [7, 11) is 0. The third-order valence-corrected chi connectivity index (χ3v) is 5.77. The van der Waals surface area contributed by atoms with E-state index >= 15 is 0 Å². The van der Waals surface area contributed by atoms with Crippen LogP contribution in [0.3, 0.4) is 0 Å². The van der Waals surface area contributed by atoms with Crippen molar-refractivity contribution in [2.24, 2.45) is 16.7 Å². The van der Waals surface area contributed by atoms with Gasteiger partial charge in [-0.2, -0.15) is 11.8 Å². The highest BCUT2D eigenvalue weighted by Crippen LogP contribution is 2.67. The molecule has 1 nitrogen and oxygen atoms in total. The first-order valence-corrected chi connectivity index (χ1v) is 7.08. The molecular formula is C13H20OS. The van der Waals surface area contributed by atoms with Gasteiger partial charge in [-0.05, 0) is 36.9 Å². The van der Waals surface area contributed by atoms with E-state index < -0.39 is 0 Å². The minimum absolute atomic E-state index is 0.295. The summed E-state index contributed by atoms with van der Waals surface area (Å²) < 4.78 is 5.54. The van der Waals surface area contributed by atoms with Crippen LogP contribution in [0.25, 0.3) is 0 Å². The molecule has 0 heterocycles. The predicted octanol–water partition coefficient (Wildman–Crippen LogP) is 3.15. The van der Waals surface area contributed by atoms with E-state index in [1.54, 1.807) is 0 Å². The standard InChI is InChI=1S/C13H20OS/c1-5-14-11-8-10-6-7-13(11,9-15-4)12(10,2)3/h1,10-11H,6-9H2,2-4H3/t10-,11-,13-/m1/s1. The van der Waals surface area contributed by atoms with Crippen LogP contribution in [0.2, 0.25) is 0 Å². The van der Waals surface area contributed by atoms with Gasteiger partial charge in [0.25, 0.3) is 0 Å². The van der Waals surface area contributed by atoms with Crippen LogP contribution < -0.4 is 0 Å². The van der Waals surface area contributed by atoms with Crippen LogP contribution >= 0.6 is 11.8 Å². The molecule has 15 heavy (non-hydrogen) atoms. The van der Waals surface area contributed by atoms with Gasteiger partial charge >= 0.3 is 0 Å². The quantitative estimate of drug-likeness (QED) is 0.681. The summed E-state index contributed by atoms with van der Waals surface area (Å²) in [5.41, 5.74) is 0.723. The SMILES string of the molecule is C#CO[C@@H]1C[C@H]2CC[C@]1(CSC)C2(C)C. The molecule has 0 aromatic rings. The van der Waals surface area contributed by atoms with Crippen molar-refractivity contribution in [2.45, 2.75) is 39.2 Å². The van der Waals surface area contributed by atoms with Gasteiger partial charge in [0.1, 0.15) is 12.2 Å². The van der Waals surface area contributed by atoms with Crippen LogP contribution in [-0.4, -0.2) is 18.1 Å². The Hall–Kier alpha value is -0.290. The molecule has 0 amide bonds. The van der Waals surface area contributed by atoms with Crippen LogP contribution in [0, 0.1) is 29.3 Å². The molecule has 0 aromatic carbocycles. The molecule has 0 aliphatic heterocycles. The average molecular weight is 224 g/mol. The molecule has 0 spiro atoms. The van der Waals surface area contributed by atoms with Crippen LogP contribution in [0.4, 0.5) is 0 Å². The Bertz CT molecular complexity index is 291. The Labute approximate surface area is 97.3 Å². The summed E-state index contributed by atoms with van der Waals surface area (Å²) in [6, 6.07) is 0. The topological polar surface area (TPSA) is 9.23 Å². The van der Waals surface area contributed by atoms with Crippen LogP contribution in [-0.2, 0) is 4.74 Å². The molecule has 2 saturated carbocycles. The third-order valence-electron chi connectivity index (χ3n) is 4.97. The Balaban J connectivity index is 2.30. The number of rotatable bonds is 3. The van der Waals surface area contributed by atoms with Crippen LogP contribution in [0.15, 0.2) is 0 Å². The number of terminal acetylenes is 1. The van der Waals surface area contributed by atoms with Gasteiger partial charge in [-0.3, -0.25) is 0 Å². The lowest BCUT2D eigenvalue weighted by Gasteiger charge is -2.40. The van der Waals surface area contributed by atoms with Crippen molar-refractivity contribution in [2.75, 3.05) is 12.0 Å². The van der Waals surface area contributed by atoms with Gasteiger partial charge in [0.2, 0.25) is 0 Å². The lowest BCUT2D eigenvalue weighted by Crippen LogP contribution is -2.41. The highest BCUT2D eigenvalue weighted by atomic mass is 32.2. The smallest absolute Gasteiger partial charge is 0.118 e. The lowest BCUT2D eigenvalue weighted by molar-refractivity contribution is 0.0160. The summed E-state index contributed by atoms with van der Waals surface area (Å²) in [4.78, 5) is 0. The van der Waals surface area contributed by atoms with E-state index in [0.29, 0.717) is 16.9 Å². The Kier molecular flexibility index (Phi) is 2.71. The maximum atomic E-state index is 5.54. The van der Waals surface area contributed by atoms with Crippen LogP contribution in [0.5, 0.6) is 0 Å². The van der Waals surface area contributed by atoms with Crippen molar-refractivity contribution < 1.29 is 4.74 Å². The molecule has 0 saturated heterocycles. The minimum Gasteiger partial charge on any atom is -0.443 e. The Morgan fingerprint density at radius 1 is 1.53 bits per heavy atom. The number of ether oxygens (including phenoxy) is 1. The minimum atomic E-state index is 0.295. The molecule has 2 rings (SSSR count). The molecule has 3 atom stereocenters. The summed E-state index contributed by atoms with van der Waals surface area (Å²) in [5.74, 6) is 1.99.